The number of carbonyl (C=O) groups is 2. The number of non-ortho nitro benzene ring substituents is 1. The highest BCUT2D eigenvalue weighted by molar-refractivity contribution is 7.92. The highest BCUT2D eigenvalue weighted by Gasteiger charge is 2.35. The topological polar surface area (TPSA) is 130 Å². The SMILES string of the molecule is O=C(NC1CCCC1)[C@H](Cc1ccccc1)N(Cc1cccc(Cl)c1)C(=O)CN(c1ccc([N+](=O)[O-])cc1)S(=O)(=O)c1ccccc1. The standard InChI is InChI=1S/C35H35ClN4O6S/c36-28-13-9-12-27(22-28)24-38(33(23-26-10-3-1-4-11-26)35(42)37-29-14-7-8-15-29)34(41)25-39(30-18-20-31(21-19-30)40(43)44)47(45,46)32-16-5-2-6-17-32/h1-6,9-13,16-22,29,33H,7-8,14-15,23-25H2,(H,37,42)/t33-/m0/s1. The van der Waals surface area contributed by atoms with Gasteiger partial charge in [0.1, 0.15) is 12.6 Å². The molecule has 0 radical (unpaired) electrons. The van der Waals surface area contributed by atoms with Crippen LogP contribution in [-0.2, 0) is 32.6 Å². The van der Waals surface area contributed by atoms with Crippen molar-refractivity contribution in [3.05, 3.63) is 135 Å². The van der Waals surface area contributed by atoms with Crippen LogP contribution in [0.4, 0.5) is 11.4 Å². The van der Waals surface area contributed by atoms with Gasteiger partial charge in [-0.05, 0) is 60.4 Å². The molecule has 0 heterocycles. The van der Waals surface area contributed by atoms with Crippen LogP contribution in [0.25, 0.3) is 0 Å². The molecule has 0 unspecified atom stereocenters. The Kier molecular flexibility index (Phi) is 10.9. The molecule has 0 aromatic heterocycles. The van der Waals surface area contributed by atoms with Crippen molar-refractivity contribution in [2.24, 2.45) is 0 Å². The summed E-state index contributed by atoms with van der Waals surface area (Å²) in [5.74, 6) is -0.964. The molecule has 244 valence electrons. The van der Waals surface area contributed by atoms with Crippen molar-refractivity contribution in [3.8, 4) is 0 Å². The maximum Gasteiger partial charge on any atom is 0.269 e. The molecule has 0 saturated heterocycles. The van der Waals surface area contributed by atoms with Crippen LogP contribution in [0, 0.1) is 10.1 Å². The second kappa shape index (κ2) is 15.2. The first kappa shape index (κ1) is 33.6. The predicted octanol–water partition coefficient (Wildman–Crippen LogP) is 6.14. The summed E-state index contributed by atoms with van der Waals surface area (Å²) in [5.41, 5.74) is 1.31. The molecule has 1 atom stereocenters. The molecule has 5 rings (SSSR count). The summed E-state index contributed by atoms with van der Waals surface area (Å²) < 4.78 is 29.0. The second-order valence-electron chi connectivity index (χ2n) is 11.4. The van der Waals surface area contributed by atoms with Gasteiger partial charge in [0.15, 0.2) is 0 Å². The normalized spacial score (nSPS) is 13.9. The molecule has 0 aliphatic heterocycles. The van der Waals surface area contributed by atoms with Gasteiger partial charge < -0.3 is 10.2 Å². The maximum atomic E-state index is 14.5. The Balaban J connectivity index is 1.57. The third-order valence-electron chi connectivity index (χ3n) is 8.17. The van der Waals surface area contributed by atoms with Crippen LogP contribution in [-0.4, -0.2) is 48.7 Å². The number of hydrogen-bond acceptors (Lipinski definition) is 6. The first-order valence-electron chi connectivity index (χ1n) is 15.3. The van der Waals surface area contributed by atoms with Gasteiger partial charge >= 0.3 is 0 Å². The Morgan fingerprint density at radius 2 is 1.49 bits per heavy atom. The average Bonchev–Trinajstić information content (AvgIpc) is 3.59. The third kappa shape index (κ3) is 8.55. The quantitative estimate of drug-likeness (QED) is 0.134. The number of sulfonamides is 1. The van der Waals surface area contributed by atoms with E-state index in [1.807, 2.05) is 30.3 Å². The summed E-state index contributed by atoms with van der Waals surface area (Å²) in [6, 6.07) is 27.8. The van der Waals surface area contributed by atoms with E-state index in [1.54, 1.807) is 42.5 Å². The minimum Gasteiger partial charge on any atom is -0.352 e. The molecule has 4 aromatic carbocycles. The number of hydrogen-bond donors (Lipinski definition) is 1. The number of nitro groups is 1. The molecule has 1 aliphatic rings. The fraction of sp³-hybridized carbons (Fsp3) is 0.257. The number of amides is 2. The summed E-state index contributed by atoms with van der Waals surface area (Å²) in [7, 11) is -4.32. The first-order chi connectivity index (χ1) is 22.6. The first-order valence-corrected chi connectivity index (χ1v) is 17.1. The second-order valence-corrected chi connectivity index (χ2v) is 13.7. The maximum absolute atomic E-state index is 14.5. The lowest BCUT2D eigenvalue weighted by Gasteiger charge is -2.34. The van der Waals surface area contributed by atoms with Crippen molar-refractivity contribution in [1.29, 1.82) is 0 Å². The van der Waals surface area contributed by atoms with Gasteiger partial charge in [0.25, 0.3) is 15.7 Å². The average molecular weight is 675 g/mol. The Hall–Kier alpha value is -4.74. The fourth-order valence-corrected chi connectivity index (χ4v) is 7.39. The van der Waals surface area contributed by atoms with E-state index in [-0.39, 0.29) is 41.2 Å². The van der Waals surface area contributed by atoms with Crippen LogP contribution in [0.5, 0.6) is 0 Å². The molecule has 12 heteroatoms. The van der Waals surface area contributed by atoms with Crippen LogP contribution < -0.4 is 9.62 Å². The molecule has 1 N–H and O–H groups in total. The number of halogens is 1. The van der Waals surface area contributed by atoms with E-state index < -0.39 is 33.4 Å². The molecule has 2 amide bonds. The lowest BCUT2D eigenvalue weighted by atomic mass is 10.0. The highest BCUT2D eigenvalue weighted by atomic mass is 35.5. The molecule has 1 saturated carbocycles. The number of nitrogens with one attached hydrogen (secondary N) is 1. The minimum absolute atomic E-state index is 0.0149. The lowest BCUT2D eigenvalue weighted by Crippen LogP contribution is -2.54. The fourth-order valence-electron chi connectivity index (χ4n) is 5.74. The van der Waals surface area contributed by atoms with Crippen molar-refractivity contribution in [2.45, 2.75) is 55.6 Å². The monoisotopic (exact) mass is 674 g/mol. The zero-order valence-corrected chi connectivity index (χ0v) is 27.1. The summed E-state index contributed by atoms with van der Waals surface area (Å²) in [5, 5.41) is 14.9. The van der Waals surface area contributed by atoms with Gasteiger partial charge in [-0.2, -0.15) is 0 Å². The Bertz CT molecular complexity index is 1800. The van der Waals surface area contributed by atoms with Gasteiger partial charge in [0, 0.05) is 36.2 Å². The minimum atomic E-state index is -4.32. The predicted molar refractivity (Wildman–Crippen MR) is 180 cm³/mol. The largest absolute Gasteiger partial charge is 0.352 e. The molecule has 0 spiro atoms. The van der Waals surface area contributed by atoms with E-state index >= 15 is 0 Å². The van der Waals surface area contributed by atoms with Crippen LogP contribution >= 0.6 is 11.6 Å². The zero-order chi connectivity index (χ0) is 33.4. The van der Waals surface area contributed by atoms with Crippen molar-refractivity contribution < 1.29 is 22.9 Å². The molecule has 1 aliphatic carbocycles. The van der Waals surface area contributed by atoms with E-state index in [4.69, 9.17) is 11.6 Å². The third-order valence-corrected chi connectivity index (χ3v) is 10.2. The molecular weight excluding hydrogens is 640 g/mol. The lowest BCUT2D eigenvalue weighted by molar-refractivity contribution is -0.384. The Labute approximate surface area is 279 Å². The summed E-state index contributed by atoms with van der Waals surface area (Å²) in [6.45, 7) is -0.688. The number of benzene rings is 4. The number of nitro benzene ring substituents is 1. The molecule has 1 fully saturated rings. The number of nitrogens with zero attached hydrogens (tertiary/aromatic N) is 3. The number of anilines is 1. The van der Waals surface area contributed by atoms with E-state index in [2.05, 4.69) is 5.32 Å². The zero-order valence-electron chi connectivity index (χ0n) is 25.6. The van der Waals surface area contributed by atoms with Gasteiger partial charge in [0.2, 0.25) is 11.8 Å². The molecule has 47 heavy (non-hydrogen) atoms. The van der Waals surface area contributed by atoms with Crippen LogP contribution in [0.2, 0.25) is 5.02 Å². The molecule has 0 bridgehead atoms. The van der Waals surface area contributed by atoms with Crippen LogP contribution in [0.15, 0.2) is 114 Å². The van der Waals surface area contributed by atoms with Crippen molar-refractivity contribution >= 4 is 44.8 Å². The van der Waals surface area contributed by atoms with Gasteiger partial charge in [-0.3, -0.25) is 24.0 Å². The van der Waals surface area contributed by atoms with E-state index in [0.29, 0.717) is 10.6 Å². The van der Waals surface area contributed by atoms with Gasteiger partial charge in [-0.15, -0.1) is 0 Å². The van der Waals surface area contributed by atoms with Gasteiger partial charge in [-0.1, -0.05) is 85.1 Å². The number of carbonyl (C=O) groups excluding carboxylic acids is 2. The summed E-state index contributed by atoms with van der Waals surface area (Å²) in [6.07, 6.45) is 3.88. The van der Waals surface area contributed by atoms with Crippen molar-refractivity contribution in [3.63, 3.8) is 0 Å². The van der Waals surface area contributed by atoms with E-state index in [1.165, 1.54) is 41.3 Å². The van der Waals surface area contributed by atoms with Crippen molar-refractivity contribution in [1.82, 2.24) is 10.2 Å². The van der Waals surface area contributed by atoms with Gasteiger partial charge in [0.05, 0.1) is 15.5 Å². The summed E-state index contributed by atoms with van der Waals surface area (Å²) in [4.78, 5) is 40.7. The van der Waals surface area contributed by atoms with E-state index in [0.717, 1.165) is 35.6 Å². The molecular formula is C35H35ClN4O6S. The number of rotatable bonds is 13. The van der Waals surface area contributed by atoms with Crippen LogP contribution in [0.1, 0.15) is 36.8 Å². The van der Waals surface area contributed by atoms with Crippen LogP contribution in [0.3, 0.4) is 0 Å². The molecule has 10 nitrogen and oxygen atoms in total. The Morgan fingerprint density at radius 3 is 2.11 bits per heavy atom. The van der Waals surface area contributed by atoms with E-state index in [9.17, 15) is 28.1 Å². The van der Waals surface area contributed by atoms with Gasteiger partial charge in [-0.25, -0.2) is 8.42 Å². The Morgan fingerprint density at radius 1 is 0.872 bits per heavy atom. The summed E-state index contributed by atoms with van der Waals surface area (Å²) >= 11 is 6.30. The highest BCUT2D eigenvalue weighted by Crippen LogP contribution is 2.27. The van der Waals surface area contributed by atoms with Crippen molar-refractivity contribution in [2.75, 3.05) is 10.8 Å². The smallest absolute Gasteiger partial charge is 0.269 e. The molecule has 4 aromatic rings.